The summed E-state index contributed by atoms with van der Waals surface area (Å²) in [5.41, 5.74) is 1.00. The zero-order chi connectivity index (χ0) is 13.7. The maximum absolute atomic E-state index is 5.04. The molecular weight excluding hydrogens is 240 g/mol. The summed E-state index contributed by atoms with van der Waals surface area (Å²) in [5.74, 6) is 2.46. The molecule has 106 valence electrons. The molecule has 1 aliphatic heterocycles. The van der Waals surface area contributed by atoms with Gasteiger partial charge in [0.25, 0.3) is 0 Å². The third-order valence-electron chi connectivity index (χ3n) is 3.39. The minimum atomic E-state index is 0.680. The van der Waals surface area contributed by atoms with E-state index >= 15 is 0 Å². The van der Waals surface area contributed by atoms with Crippen molar-refractivity contribution < 1.29 is 4.74 Å². The molecule has 2 rings (SSSR count). The highest BCUT2D eigenvalue weighted by atomic mass is 16.5. The van der Waals surface area contributed by atoms with E-state index in [0.29, 0.717) is 6.61 Å². The maximum atomic E-state index is 5.04. The molecule has 1 saturated heterocycles. The summed E-state index contributed by atoms with van der Waals surface area (Å²) in [6.45, 7) is 7.87. The fourth-order valence-corrected chi connectivity index (χ4v) is 2.44. The average molecular weight is 264 g/mol. The molecule has 0 saturated carbocycles. The van der Waals surface area contributed by atoms with Gasteiger partial charge < -0.3 is 15.0 Å². The summed E-state index contributed by atoms with van der Waals surface area (Å²) in [6.07, 6.45) is 2.53. The molecule has 1 aromatic rings. The number of hydrogen-bond acceptors (Lipinski definition) is 5. The summed E-state index contributed by atoms with van der Waals surface area (Å²) >= 11 is 0. The number of methoxy groups -OCH3 is 1. The highest BCUT2D eigenvalue weighted by Crippen LogP contribution is 2.21. The van der Waals surface area contributed by atoms with E-state index in [0.717, 1.165) is 43.0 Å². The molecule has 1 unspecified atom stereocenters. The van der Waals surface area contributed by atoms with Gasteiger partial charge >= 0.3 is 0 Å². The number of ether oxygens (including phenoxy) is 1. The van der Waals surface area contributed by atoms with Crippen molar-refractivity contribution in [3.63, 3.8) is 0 Å². The Morgan fingerprint density at radius 2 is 2.32 bits per heavy atom. The molecular formula is C14H24N4O. The van der Waals surface area contributed by atoms with Crippen LogP contribution in [-0.2, 0) is 4.74 Å². The van der Waals surface area contributed by atoms with Crippen LogP contribution in [0.4, 0.5) is 11.8 Å². The van der Waals surface area contributed by atoms with Gasteiger partial charge in [-0.3, -0.25) is 0 Å². The average Bonchev–Trinajstić information content (AvgIpc) is 2.38. The molecule has 1 aliphatic rings. The molecule has 1 atom stereocenters. The van der Waals surface area contributed by atoms with Crippen LogP contribution in [0.3, 0.4) is 0 Å². The van der Waals surface area contributed by atoms with Crippen molar-refractivity contribution in [1.82, 2.24) is 9.97 Å². The first kappa shape index (κ1) is 14.1. The van der Waals surface area contributed by atoms with Gasteiger partial charge in [0.2, 0.25) is 5.95 Å². The van der Waals surface area contributed by atoms with Crippen molar-refractivity contribution in [2.75, 3.05) is 43.6 Å². The minimum absolute atomic E-state index is 0.680. The molecule has 1 N–H and O–H groups in total. The Hall–Kier alpha value is -1.36. The number of nitrogens with one attached hydrogen (secondary N) is 1. The Morgan fingerprint density at radius 1 is 1.47 bits per heavy atom. The number of hydrogen-bond donors (Lipinski definition) is 1. The SMILES string of the molecule is COCCNc1cc(C)nc(N2CCCC(C)C2)n1. The van der Waals surface area contributed by atoms with Crippen LogP contribution in [0.2, 0.25) is 0 Å². The van der Waals surface area contributed by atoms with Gasteiger partial charge in [0.05, 0.1) is 6.61 Å². The fourth-order valence-electron chi connectivity index (χ4n) is 2.44. The zero-order valence-corrected chi connectivity index (χ0v) is 12.1. The monoisotopic (exact) mass is 264 g/mol. The van der Waals surface area contributed by atoms with Gasteiger partial charge in [-0.05, 0) is 25.7 Å². The predicted octanol–water partition coefficient (Wildman–Crippen LogP) is 2.08. The van der Waals surface area contributed by atoms with Gasteiger partial charge in [0, 0.05) is 38.5 Å². The number of piperidine rings is 1. The minimum Gasteiger partial charge on any atom is -0.383 e. The quantitative estimate of drug-likeness (QED) is 0.825. The fraction of sp³-hybridized carbons (Fsp3) is 0.714. The van der Waals surface area contributed by atoms with Crippen molar-refractivity contribution >= 4 is 11.8 Å². The lowest BCUT2D eigenvalue weighted by Gasteiger charge is -2.31. The van der Waals surface area contributed by atoms with Crippen LogP contribution in [0.25, 0.3) is 0 Å². The summed E-state index contributed by atoms with van der Waals surface area (Å²) in [5, 5.41) is 3.27. The van der Waals surface area contributed by atoms with Crippen LogP contribution in [0.5, 0.6) is 0 Å². The van der Waals surface area contributed by atoms with E-state index in [1.54, 1.807) is 7.11 Å². The predicted molar refractivity (Wildman–Crippen MR) is 77.7 cm³/mol. The third-order valence-corrected chi connectivity index (χ3v) is 3.39. The van der Waals surface area contributed by atoms with E-state index in [1.807, 2.05) is 13.0 Å². The Bertz CT molecular complexity index is 410. The van der Waals surface area contributed by atoms with E-state index in [9.17, 15) is 0 Å². The number of rotatable bonds is 5. The Labute approximate surface area is 115 Å². The zero-order valence-electron chi connectivity index (χ0n) is 12.1. The van der Waals surface area contributed by atoms with Crippen molar-refractivity contribution in [3.8, 4) is 0 Å². The van der Waals surface area contributed by atoms with E-state index < -0.39 is 0 Å². The topological polar surface area (TPSA) is 50.3 Å². The van der Waals surface area contributed by atoms with Crippen LogP contribution >= 0.6 is 0 Å². The standard InChI is InChI=1S/C14H24N4O/c1-11-5-4-7-18(10-11)14-16-12(2)9-13(17-14)15-6-8-19-3/h9,11H,4-8,10H2,1-3H3,(H,15,16,17). The van der Waals surface area contributed by atoms with Crippen LogP contribution in [0, 0.1) is 12.8 Å². The first-order chi connectivity index (χ1) is 9.19. The van der Waals surface area contributed by atoms with Gasteiger partial charge in [-0.1, -0.05) is 6.92 Å². The van der Waals surface area contributed by atoms with E-state index in [4.69, 9.17) is 4.74 Å². The van der Waals surface area contributed by atoms with E-state index in [-0.39, 0.29) is 0 Å². The van der Waals surface area contributed by atoms with Crippen LogP contribution in [0.1, 0.15) is 25.5 Å². The number of anilines is 2. The van der Waals surface area contributed by atoms with Crippen molar-refractivity contribution in [3.05, 3.63) is 11.8 Å². The number of aryl methyl sites for hydroxylation is 1. The van der Waals surface area contributed by atoms with Crippen molar-refractivity contribution in [2.24, 2.45) is 5.92 Å². The van der Waals surface area contributed by atoms with Gasteiger partial charge in [-0.25, -0.2) is 4.98 Å². The highest BCUT2D eigenvalue weighted by Gasteiger charge is 2.19. The molecule has 0 amide bonds. The first-order valence-electron chi connectivity index (χ1n) is 7.02. The molecule has 2 heterocycles. The molecule has 1 aromatic heterocycles. The van der Waals surface area contributed by atoms with Crippen molar-refractivity contribution in [2.45, 2.75) is 26.7 Å². The van der Waals surface area contributed by atoms with E-state index in [2.05, 4.69) is 27.1 Å². The number of aromatic nitrogens is 2. The lowest BCUT2D eigenvalue weighted by atomic mass is 10.0. The largest absolute Gasteiger partial charge is 0.383 e. The Morgan fingerprint density at radius 3 is 3.05 bits per heavy atom. The number of nitrogens with zero attached hydrogens (tertiary/aromatic N) is 3. The van der Waals surface area contributed by atoms with Crippen LogP contribution in [0.15, 0.2) is 6.07 Å². The second-order valence-corrected chi connectivity index (χ2v) is 5.31. The van der Waals surface area contributed by atoms with Crippen LogP contribution < -0.4 is 10.2 Å². The smallest absolute Gasteiger partial charge is 0.227 e. The lowest BCUT2D eigenvalue weighted by molar-refractivity contribution is 0.210. The van der Waals surface area contributed by atoms with Crippen LogP contribution in [-0.4, -0.2) is 43.3 Å². The summed E-state index contributed by atoms with van der Waals surface area (Å²) in [4.78, 5) is 11.5. The lowest BCUT2D eigenvalue weighted by Crippen LogP contribution is -2.35. The Kier molecular flexibility index (Phi) is 4.96. The third kappa shape index (κ3) is 4.06. The molecule has 5 heteroatoms. The molecule has 1 fully saturated rings. The van der Waals surface area contributed by atoms with Crippen molar-refractivity contribution in [1.29, 1.82) is 0 Å². The van der Waals surface area contributed by atoms with Gasteiger partial charge in [-0.2, -0.15) is 4.98 Å². The highest BCUT2D eigenvalue weighted by molar-refractivity contribution is 5.43. The van der Waals surface area contributed by atoms with E-state index in [1.165, 1.54) is 12.8 Å². The summed E-state index contributed by atoms with van der Waals surface area (Å²) in [6, 6.07) is 1.98. The molecule has 0 bridgehead atoms. The Balaban J connectivity index is 2.07. The van der Waals surface area contributed by atoms with Gasteiger partial charge in [0.1, 0.15) is 5.82 Å². The van der Waals surface area contributed by atoms with Gasteiger partial charge in [0.15, 0.2) is 0 Å². The molecule has 0 spiro atoms. The molecule has 0 radical (unpaired) electrons. The molecule has 0 aromatic carbocycles. The maximum Gasteiger partial charge on any atom is 0.227 e. The summed E-state index contributed by atoms with van der Waals surface area (Å²) < 4.78 is 5.04. The van der Waals surface area contributed by atoms with Gasteiger partial charge in [-0.15, -0.1) is 0 Å². The summed E-state index contributed by atoms with van der Waals surface area (Å²) in [7, 11) is 1.70. The second kappa shape index (κ2) is 6.70. The second-order valence-electron chi connectivity index (χ2n) is 5.31. The first-order valence-corrected chi connectivity index (χ1v) is 7.02. The molecule has 19 heavy (non-hydrogen) atoms. The normalized spacial score (nSPS) is 19.5. The molecule has 5 nitrogen and oxygen atoms in total. The molecule has 0 aliphatic carbocycles.